The fourth-order valence-electron chi connectivity index (χ4n) is 1.28. The topological polar surface area (TPSA) is 66.4 Å². The van der Waals surface area contributed by atoms with Crippen LogP contribution in [0.3, 0.4) is 0 Å². The number of hydrogen-bond donors (Lipinski definition) is 2. The van der Waals surface area contributed by atoms with Crippen molar-refractivity contribution in [2.45, 2.75) is 38.9 Å². The first-order valence-electron chi connectivity index (χ1n) is 4.58. The Bertz CT molecular complexity index is 286. The molecule has 0 aliphatic heterocycles. The van der Waals surface area contributed by atoms with Crippen molar-refractivity contribution in [2.75, 3.05) is 0 Å². The van der Waals surface area contributed by atoms with Gasteiger partial charge in [-0.25, -0.2) is 0 Å². The fourth-order valence-corrected chi connectivity index (χ4v) is 1.28. The van der Waals surface area contributed by atoms with Gasteiger partial charge in [-0.1, -0.05) is 6.92 Å². The maximum Gasteiger partial charge on any atom is 0.471 e. The van der Waals surface area contributed by atoms with Gasteiger partial charge in [0.25, 0.3) is 0 Å². The lowest BCUT2D eigenvalue weighted by Gasteiger charge is -2.28. The van der Waals surface area contributed by atoms with Gasteiger partial charge in [0.05, 0.1) is 5.92 Å². The first-order chi connectivity index (χ1) is 6.96. The maximum atomic E-state index is 11.9. The number of aliphatic carboxylic acids is 1. The molecule has 16 heavy (non-hydrogen) atoms. The molecule has 0 bridgehead atoms. The van der Waals surface area contributed by atoms with Crippen LogP contribution < -0.4 is 5.32 Å². The van der Waals surface area contributed by atoms with Crippen molar-refractivity contribution in [1.29, 1.82) is 0 Å². The molecule has 0 aliphatic rings. The molecule has 0 aromatic rings. The highest BCUT2D eigenvalue weighted by molar-refractivity contribution is 5.82. The van der Waals surface area contributed by atoms with Gasteiger partial charge in [0, 0.05) is 5.54 Å². The molecule has 1 atom stereocenters. The summed E-state index contributed by atoms with van der Waals surface area (Å²) in [7, 11) is 0. The molecule has 0 rings (SSSR count). The van der Waals surface area contributed by atoms with E-state index in [-0.39, 0.29) is 6.42 Å². The van der Waals surface area contributed by atoms with Crippen LogP contribution in [-0.4, -0.2) is 28.7 Å². The average Bonchev–Trinajstić information content (AvgIpc) is 1.99. The van der Waals surface area contributed by atoms with E-state index in [1.54, 1.807) is 5.32 Å². The molecule has 0 heterocycles. The van der Waals surface area contributed by atoms with Crippen molar-refractivity contribution in [3.8, 4) is 0 Å². The van der Waals surface area contributed by atoms with Crippen LogP contribution in [0.4, 0.5) is 13.2 Å². The number of alkyl halides is 3. The van der Waals surface area contributed by atoms with Crippen LogP contribution >= 0.6 is 0 Å². The molecule has 0 aliphatic carbocycles. The quantitative estimate of drug-likeness (QED) is 0.784. The highest BCUT2D eigenvalue weighted by Gasteiger charge is 2.41. The Labute approximate surface area is 90.8 Å². The monoisotopic (exact) mass is 241 g/mol. The Balaban J connectivity index is 4.47. The average molecular weight is 241 g/mol. The molecule has 2 N–H and O–H groups in total. The van der Waals surface area contributed by atoms with Gasteiger partial charge >= 0.3 is 18.1 Å². The predicted octanol–water partition coefficient (Wildman–Crippen LogP) is 1.55. The largest absolute Gasteiger partial charge is 0.481 e. The zero-order valence-electron chi connectivity index (χ0n) is 9.18. The molecule has 0 saturated carbocycles. The molecule has 0 aromatic heterocycles. The van der Waals surface area contributed by atoms with Gasteiger partial charge in [-0.2, -0.15) is 13.2 Å². The highest BCUT2D eigenvalue weighted by atomic mass is 19.4. The van der Waals surface area contributed by atoms with Crippen LogP contribution in [-0.2, 0) is 9.59 Å². The first kappa shape index (κ1) is 14.7. The molecule has 0 fully saturated rings. The van der Waals surface area contributed by atoms with Gasteiger partial charge in [-0.3, -0.25) is 9.59 Å². The number of carbonyl (C=O) groups is 2. The summed E-state index contributed by atoms with van der Waals surface area (Å²) in [5.74, 6) is -4.01. The van der Waals surface area contributed by atoms with Gasteiger partial charge in [-0.15, -0.1) is 0 Å². The van der Waals surface area contributed by atoms with Gasteiger partial charge in [0.1, 0.15) is 0 Å². The Hall–Kier alpha value is -1.27. The summed E-state index contributed by atoms with van der Waals surface area (Å²) in [6.07, 6.45) is -5.03. The minimum atomic E-state index is -4.95. The minimum absolute atomic E-state index is 0.0792. The molecule has 7 heteroatoms. The van der Waals surface area contributed by atoms with Crippen molar-refractivity contribution in [3.05, 3.63) is 0 Å². The van der Waals surface area contributed by atoms with Crippen LogP contribution in [0.25, 0.3) is 0 Å². The molecular formula is C9H14F3NO3. The third-order valence-electron chi connectivity index (χ3n) is 1.95. The number of amides is 1. The number of nitrogens with one attached hydrogen (secondary N) is 1. The van der Waals surface area contributed by atoms with Crippen molar-refractivity contribution < 1.29 is 27.9 Å². The smallest absolute Gasteiger partial charge is 0.471 e. The van der Waals surface area contributed by atoms with Crippen LogP contribution in [0.2, 0.25) is 0 Å². The number of carbonyl (C=O) groups excluding carboxylic acids is 1. The van der Waals surface area contributed by atoms with Crippen LogP contribution in [0.5, 0.6) is 0 Å². The molecule has 1 unspecified atom stereocenters. The van der Waals surface area contributed by atoms with E-state index in [2.05, 4.69) is 0 Å². The van der Waals surface area contributed by atoms with Crippen molar-refractivity contribution in [3.63, 3.8) is 0 Å². The SMILES string of the molecule is CC(CC(C)(C)NC(=O)C(F)(F)F)C(=O)O. The summed E-state index contributed by atoms with van der Waals surface area (Å²) in [6.45, 7) is 4.05. The second-order valence-electron chi connectivity index (χ2n) is 4.28. The third-order valence-corrected chi connectivity index (χ3v) is 1.95. The van der Waals surface area contributed by atoms with E-state index in [4.69, 9.17) is 5.11 Å². The number of carboxylic acid groups (broad SMARTS) is 1. The summed E-state index contributed by atoms with van der Waals surface area (Å²) >= 11 is 0. The van der Waals surface area contributed by atoms with Crippen molar-refractivity contribution >= 4 is 11.9 Å². The summed E-state index contributed by atoms with van der Waals surface area (Å²) in [5.41, 5.74) is -1.22. The summed E-state index contributed by atoms with van der Waals surface area (Å²) in [4.78, 5) is 21.2. The van der Waals surface area contributed by atoms with Crippen LogP contribution in [0, 0.1) is 5.92 Å². The molecule has 4 nitrogen and oxygen atoms in total. The minimum Gasteiger partial charge on any atom is -0.481 e. The Morgan fingerprint density at radius 2 is 1.75 bits per heavy atom. The zero-order valence-corrected chi connectivity index (χ0v) is 9.18. The first-order valence-corrected chi connectivity index (χ1v) is 4.58. The van der Waals surface area contributed by atoms with Gasteiger partial charge in [0.2, 0.25) is 0 Å². The number of rotatable bonds is 4. The normalized spacial score (nSPS) is 14.4. The lowest BCUT2D eigenvalue weighted by atomic mass is 9.91. The van der Waals surface area contributed by atoms with Crippen LogP contribution in [0.1, 0.15) is 27.2 Å². The van der Waals surface area contributed by atoms with Gasteiger partial charge in [-0.05, 0) is 20.3 Å². The van der Waals surface area contributed by atoms with Gasteiger partial charge in [0.15, 0.2) is 0 Å². The highest BCUT2D eigenvalue weighted by Crippen LogP contribution is 2.20. The van der Waals surface area contributed by atoms with E-state index in [1.165, 1.54) is 20.8 Å². The molecule has 0 radical (unpaired) electrons. The van der Waals surface area contributed by atoms with Gasteiger partial charge < -0.3 is 10.4 Å². The standard InChI is InChI=1S/C9H14F3NO3/c1-5(6(14)15)4-8(2,3)13-7(16)9(10,11)12/h5H,4H2,1-3H3,(H,13,16)(H,14,15). The van der Waals surface area contributed by atoms with Crippen LogP contribution in [0.15, 0.2) is 0 Å². The van der Waals surface area contributed by atoms with E-state index < -0.39 is 29.5 Å². The molecular weight excluding hydrogens is 227 g/mol. The second kappa shape index (κ2) is 4.71. The molecule has 0 spiro atoms. The summed E-state index contributed by atoms with van der Waals surface area (Å²) < 4.78 is 35.8. The maximum absolute atomic E-state index is 11.9. The van der Waals surface area contributed by atoms with E-state index in [0.29, 0.717) is 0 Å². The fraction of sp³-hybridized carbons (Fsp3) is 0.778. The molecule has 1 amide bonds. The summed E-state index contributed by atoms with van der Waals surface area (Å²) in [5, 5.41) is 10.4. The number of halogens is 3. The molecule has 0 saturated heterocycles. The number of carboxylic acids is 1. The van der Waals surface area contributed by atoms with Crippen molar-refractivity contribution in [2.24, 2.45) is 5.92 Å². The lowest BCUT2D eigenvalue weighted by Crippen LogP contribution is -2.50. The molecule has 94 valence electrons. The van der Waals surface area contributed by atoms with E-state index >= 15 is 0 Å². The summed E-state index contributed by atoms with van der Waals surface area (Å²) in [6, 6.07) is 0. The Morgan fingerprint density at radius 3 is 2.06 bits per heavy atom. The molecule has 0 aromatic carbocycles. The van der Waals surface area contributed by atoms with Crippen molar-refractivity contribution in [1.82, 2.24) is 5.32 Å². The predicted molar refractivity (Wildman–Crippen MR) is 49.7 cm³/mol. The second-order valence-corrected chi connectivity index (χ2v) is 4.28. The number of hydrogen-bond acceptors (Lipinski definition) is 2. The zero-order chi connectivity index (χ0) is 13.1. The lowest BCUT2D eigenvalue weighted by molar-refractivity contribution is -0.175. The third kappa shape index (κ3) is 4.99. The van der Waals surface area contributed by atoms with E-state index in [0.717, 1.165) is 0 Å². The Kier molecular flexibility index (Phi) is 4.34. The van der Waals surface area contributed by atoms with E-state index in [1.807, 2.05) is 0 Å². The van der Waals surface area contributed by atoms with E-state index in [9.17, 15) is 22.8 Å². The Morgan fingerprint density at radius 1 is 1.31 bits per heavy atom.